The Kier molecular flexibility index (Phi) is 3.60. The number of hydrogen-bond donors (Lipinski definition) is 1. The zero-order valence-corrected chi connectivity index (χ0v) is 8.40. The molecule has 1 rings (SSSR count). The molecule has 0 amide bonds. The zero-order chi connectivity index (χ0) is 10.6. The summed E-state index contributed by atoms with van der Waals surface area (Å²) in [7, 11) is 0. The number of allylic oxidation sites excluding steroid dienone is 1. The Morgan fingerprint density at radius 3 is 2.36 bits per heavy atom. The van der Waals surface area contributed by atoms with Gasteiger partial charge in [-0.1, -0.05) is 36.4 Å². The highest BCUT2D eigenvalue weighted by Crippen LogP contribution is 2.21. The lowest BCUT2D eigenvalue weighted by Crippen LogP contribution is -2.08. The van der Waals surface area contributed by atoms with Crippen LogP contribution in [0.5, 0.6) is 0 Å². The fourth-order valence-electron chi connectivity index (χ4n) is 1.37. The predicted molar refractivity (Wildman–Crippen MR) is 55.8 cm³/mol. The van der Waals surface area contributed by atoms with Gasteiger partial charge in [0, 0.05) is 5.57 Å². The fraction of sp³-hybridized carbons (Fsp3) is 0.250. The lowest BCUT2D eigenvalue weighted by molar-refractivity contribution is -0.114. The topological polar surface area (TPSA) is 37.3 Å². The highest BCUT2D eigenvalue weighted by atomic mass is 16.3. The van der Waals surface area contributed by atoms with E-state index < -0.39 is 6.10 Å². The van der Waals surface area contributed by atoms with Crippen molar-refractivity contribution in [3.63, 3.8) is 0 Å². The van der Waals surface area contributed by atoms with Crippen LogP contribution in [0.2, 0.25) is 0 Å². The summed E-state index contributed by atoms with van der Waals surface area (Å²) >= 11 is 0. The second-order valence-electron chi connectivity index (χ2n) is 3.11. The number of aliphatic hydroxyl groups is 1. The summed E-state index contributed by atoms with van der Waals surface area (Å²) in [6, 6.07) is 9.16. The van der Waals surface area contributed by atoms with Crippen LogP contribution in [0.15, 0.2) is 42.0 Å². The van der Waals surface area contributed by atoms with Crippen LogP contribution in [0.25, 0.3) is 0 Å². The van der Waals surface area contributed by atoms with Gasteiger partial charge in [-0.15, -0.1) is 0 Å². The number of carbonyl (C=O) groups is 1. The van der Waals surface area contributed by atoms with E-state index in [9.17, 15) is 9.90 Å². The molecule has 2 nitrogen and oxygen atoms in total. The molecule has 0 aliphatic heterocycles. The summed E-state index contributed by atoms with van der Waals surface area (Å²) in [4.78, 5) is 11.2. The van der Waals surface area contributed by atoms with E-state index in [1.807, 2.05) is 18.2 Å². The van der Waals surface area contributed by atoms with E-state index in [1.54, 1.807) is 25.1 Å². The second kappa shape index (κ2) is 4.72. The normalized spacial score (nSPS) is 13.8. The molecule has 0 spiro atoms. The molecule has 1 aromatic rings. The lowest BCUT2D eigenvalue weighted by atomic mass is 9.99. The van der Waals surface area contributed by atoms with Crippen LogP contribution < -0.4 is 0 Å². The minimum absolute atomic E-state index is 0.0937. The van der Waals surface area contributed by atoms with E-state index in [4.69, 9.17) is 0 Å². The van der Waals surface area contributed by atoms with Gasteiger partial charge in [0.2, 0.25) is 0 Å². The van der Waals surface area contributed by atoms with Crippen molar-refractivity contribution < 1.29 is 9.90 Å². The van der Waals surface area contributed by atoms with Gasteiger partial charge in [0.15, 0.2) is 5.78 Å². The van der Waals surface area contributed by atoms with Crippen LogP contribution in [0.1, 0.15) is 25.5 Å². The molecule has 0 fully saturated rings. The Balaban J connectivity index is 2.96. The van der Waals surface area contributed by atoms with E-state index >= 15 is 0 Å². The minimum atomic E-state index is -0.807. The first kappa shape index (κ1) is 10.7. The standard InChI is InChI=1S/C12H14O2/c1-3-11(9(2)13)12(14)10-7-5-4-6-8-10/h3-8,12,14H,1-2H3/b11-3+. The third-order valence-corrected chi connectivity index (χ3v) is 2.13. The number of benzene rings is 1. The minimum Gasteiger partial charge on any atom is -0.384 e. The summed E-state index contributed by atoms with van der Waals surface area (Å²) in [5, 5.41) is 9.86. The largest absolute Gasteiger partial charge is 0.384 e. The maximum Gasteiger partial charge on any atom is 0.158 e. The van der Waals surface area contributed by atoms with Crippen LogP contribution in [0.3, 0.4) is 0 Å². The van der Waals surface area contributed by atoms with Gasteiger partial charge >= 0.3 is 0 Å². The van der Waals surface area contributed by atoms with Crippen molar-refractivity contribution in [1.82, 2.24) is 0 Å². The van der Waals surface area contributed by atoms with Crippen molar-refractivity contribution in [2.24, 2.45) is 0 Å². The maximum atomic E-state index is 11.2. The third kappa shape index (κ3) is 2.30. The second-order valence-corrected chi connectivity index (χ2v) is 3.11. The molecule has 14 heavy (non-hydrogen) atoms. The van der Waals surface area contributed by atoms with Crippen molar-refractivity contribution in [2.75, 3.05) is 0 Å². The Hall–Kier alpha value is -1.41. The van der Waals surface area contributed by atoms with Gasteiger partial charge < -0.3 is 5.11 Å². The SMILES string of the molecule is C/C=C(\C(C)=O)C(O)c1ccccc1. The van der Waals surface area contributed by atoms with Crippen molar-refractivity contribution in [3.05, 3.63) is 47.5 Å². The molecule has 1 unspecified atom stereocenters. The third-order valence-electron chi connectivity index (χ3n) is 2.13. The Bertz CT molecular complexity index is 339. The molecule has 0 bridgehead atoms. The van der Waals surface area contributed by atoms with Crippen molar-refractivity contribution in [3.8, 4) is 0 Å². The number of carbonyl (C=O) groups excluding carboxylic acids is 1. The molecule has 0 saturated carbocycles. The molecular weight excluding hydrogens is 176 g/mol. The average Bonchev–Trinajstić information content (AvgIpc) is 2.19. The van der Waals surface area contributed by atoms with E-state index in [2.05, 4.69) is 0 Å². The molecule has 0 aliphatic carbocycles. The van der Waals surface area contributed by atoms with Gasteiger partial charge in [0.25, 0.3) is 0 Å². The summed E-state index contributed by atoms with van der Waals surface area (Å²) in [5.74, 6) is -0.0937. The van der Waals surface area contributed by atoms with Crippen molar-refractivity contribution >= 4 is 5.78 Å². The number of aliphatic hydroxyl groups excluding tert-OH is 1. The summed E-state index contributed by atoms with van der Waals surface area (Å²) in [6.45, 7) is 3.21. The molecule has 0 aromatic heterocycles. The van der Waals surface area contributed by atoms with Gasteiger partial charge in [-0.25, -0.2) is 0 Å². The Labute approximate surface area is 83.9 Å². The molecule has 74 valence electrons. The zero-order valence-electron chi connectivity index (χ0n) is 8.40. The monoisotopic (exact) mass is 190 g/mol. The van der Waals surface area contributed by atoms with Crippen LogP contribution in [0.4, 0.5) is 0 Å². The first-order valence-electron chi connectivity index (χ1n) is 4.57. The van der Waals surface area contributed by atoms with Gasteiger partial charge in [0.05, 0.1) is 0 Å². The maximum absolute atomic E-state index is 11.2. The molecular formula is C12H14O2. The van der Waals surface area contributed by atoms with Gasteiger partial charge in [-0.2, -0.15) is 0 Å². The highest BCUT2D eigenvalue weighted by molar-refractivity contribution is 5.94. The number of ketones is 1. The van der Waals surface area contributed by atoms with Crippen LogP contribution in [-0.2, 0) is 4.79 Å². The summed E-state index contributed by atoms with van der Waals surface area (Å²) in [6.07, 6.45) is 0.846. The Morgan fingerprint density at radius 2 is 1.93 bits per heavy atom. The number of hydrogen-bond acceptors (Lipinski definition) is 2. The fourth-order valence-corrected chi connectivity index (χ4v) is 1.37. The highest BCUT2D eigenvalue weighted by Gasteiger charge is 2.15. The number of Topliss-reactive ketones (excluding diaryl/α,β-unsaturated/α-hetero) is 1. The average molecular weight is 190 g/mol. The quantitative estimate of drug-likeness (QED) is 0.742. The molecule has 0 radical (unpaired) electrons. The van der Waals surface area contributed by atoms with E-state index in [0.717, 1.165) is 5.56 Å². The molecule has 2 heteroatoms. The molecule has 0 saturated heterocycles. The van der Waals surface area contributed by atoms with E-state index in [0.29, 0.717) is 5.57 Å². The van der Waals surface area contributed by atoms with Crippen molar-refractivity contribution in [1.29, 1.82) is 0 Å². The van der Waals surface area contributed by atoms with E-state index in [-0.39, 0.29) is 5.78 Å². The smallest absolute Gasteiger partial charge is 0.158 e. The predicted octanol–water partition coefficient (Wildman–Crippen LogP) is 2.26. The molecule has 1 aromatic carbocycles. The molecule has 1 atom stereocenters. The summed E-state index contributed by atoms with van der Waals surface area (Å²) < 4.78 is 0. The summed E-state index contributed by atoms with van der Waals surface area (Å²) in [5.41, 5.74) is 1.19. The van der Waals surface area contributed by atoms with Crippen LogP contribution in [0, 0.1) is 0 Å². The first-order chi connectivity index (χ1) is 6.66. The van der Waals surface area contributed by atoms with Crippen LogP contribution in [-0.4, -0.2) is 10.9 Å². The van der Waals surface area contributed by atoms with Gasteiger partial charge in [-0.05, 0) is 19.4 Å². The first-order valence-corrected chi connectivity index (χ1v) is 4.57. The molecule has 0 aliphatic rings. The van der Waals surface area contributed by atoms with Gasteiger partial charge in [-0.3, -0.25) is 4.79 Å². The van der Waals surface area contributed by atoms with Crippen LogP contribution >= 0.6 is 0 Å². The van der Waals surface area contributed by atoms with E-state index in [1.165, 1.54) is 6.92 Å². The molecule has 0 heterocycles. The lowest BCUT2D eigenvalue weighted by Gasteiger charge is -2.12. The Morgan fingerprint density at radius 1 is 1.36 bits per heavy atom. The van der Waals surface area contributed by atoms with Crippen molar-refractivity contribution in [2.45, 2.75) is 20.0 Å². The molecule has 1 N–H and O–H groups in total. The van der Waals surface area contributed by atoms with Gasteiger partial charge in [0.1, 0.15) is 6.10 Å². The number of rotatable bonds is 3.